The third kappa shape index (κ3) is 3.54. The van der Waals surface area contributed by atoms with Gasteiger partial charge in [-0.1, -0.05) is 36.4 Å². The van der Waals surface area contributed by atoms with Crippen LogP contribution >= 0.6 is 0 Å². The van der Waals surface area contributed by atoms with E-state index in [1.165, 1.54) is 5.56 Å². The summed E-state index contributed by atoms with van der Waals surface area (Å²) in [6, 6.07) is 24.8. The first-order valence-electron chi connectivity index (χ1n) is 9.98. The number of carbonyl (C=O) groups excluding carboxylic acids is 2. The number of hydrogen-bond acceptors (Lipinski definition) is 2. The lowest BCUT2D eigenvalue weighted by atomic mass is 10.1. The first kappa shape index (κ1) is 18.9. The van der Waals surface area contributed by atoms with E-state index in [1.54, 1.807) is 29.2 Å². The molecule has 0 saturated heterocycles. The van der Waals surface area contributed by atoms with Crippen molar-refractivity contribution >= 4 is 23.2 Å². The average Bonchev–Trinajstić information content (AvgIpc) is 3.10. The number of amides is 2. The van der Waals surface area contributed by atoms with Crippen molar-refractivity contribution in [3.8, 4) is 0 Å². The van der Waals surface area contributed by atoms with E-state index in [2.05, 4.69) is 13.0 Å². The standard InChI is InChI=1S/C25H24N2O2/c1-3-26(22-10-5-4-6-11-22)24(28)19-13-15-20(16-14-19)25(29)27-18(2)17-21-9-7-8-12-23(21)27/h4-16,18H,3,17H2,1-2H3. The highest BCUT2D eigenvalue weighted by Crippen LogP contribution is 2.33. The summed E-state index contributed by atoms with van der Waals surface area (Å²) in [5, 5.41) is 0. The second-order valence-corrected chi connectivity index (χ2v) is 7.32. The molecule has 0 bridgehead atoms. The van der Waals surface area contributed by atoms with Crippen molar-refractivity contribution < 1.29 is 9.59 Å². The summed E-state index contributed by atoms with van der Waals surface area (Å²) in [4.78, 5) is 29.7. The van der Waals surface area contributed by atoms with E-state index < -0.39 is 0 Å². The third-order valence-electron chi connectivity index (χ3n) is 5.43. The number of fused-ring (bicyclic) bond motifs is 1. The Bertz CT molecular complexity index is 1030. The highest BCUT2D eigenvalue weighted by molar-refractivity contribution is 6.09. The Kier molecular flexibility index (Phi) is 5.17. The minimum absolute atomic E-state index is 0.0307. The van der Waals surface area contributed by atoms with Crippen LogP contribution in [0.3, 0.4) is 0 Å². The molecule has 0 aliphatic carbocycles. The molecule has 29 heavy (non-hydrogen) atoms. The minimum Gasteiger partial charge on any atom is -0.309 e. The molecule has 0 radical (unpaired) electrons. The first-order chi connectivity index (χ1) is 14.1. The Morgan fingerprint density at radius 3 is 2.21 bits per heavy atom. The van der Waals surface area contributed by atoms with E-state index in [9.17, 15) is 9.59 Å². The van der Waals surface area contributed by atoms with Gasteiger partial charge < -0.3 is 9.80 Å². The van der Waals surface area contributed by atoms with Crippen molar-refractivity contribution in [1.82, 2.24) is 0 Å². The molecule has 146 valence electrons. The Labute approximate surface area is 171 Å². The van der Waals surface area contributed by atoms with Gasteiger partial charge in [0.2, 0.25) is 0 Å². The van der Waals surface area contributed by atoms with Gasteiger partial charge in [0.15, 0.2) is 0 Å². The lowest BCUT2D eigenvalue weighted by Crippen LogP contribution is -2.35. The fraction of sp³-hybridized carbons (Fsp3) is 0.200. The fourth-order valence-electron chi connectivity index (χ4n) is 3.98. The molecule has 4 nitrogen and oxygen atoms in total. The number of carbonyl (C=O) groups is 2. The maximum Gasteiger partial charge on any atom is 0.258 e. The molecular formula is C25H24N2O2. The maximum absolute atomic E-state index is 13.1. The van der Waals surface area contributed by atoms with Crippen molar-refractivity contribution in [3.63, 3.8) is 0 Å². The lowest BCUT2D eigenvalue weighted by Gasteiger charge is -2.23. The number of rotatable bonds is 4. The van der Waals surface area contributed by atoms with Gasteiger partial charge in [-0.3, -0.25) is 9.59 Å². The van der Waals surface area contributed by atoms with Crippen LogP contribution in [0.4, 0.5) is 11.4 Å². The van der Waals surface area contributed by atoms with Crippen LogP contribution in [-0.2, 0) is 6.42 Å². The second kappa shape index (κ2) is 7.92. The van der Waals surface area contributed by atoms with E-state index in [-0.39, 0.29) is 17.9 Å². The highest BCUT2D eigenvalue weighted by atomic mass is 16.2. The zero-order valence-electron chi connectivity index (χ0n) is 16.7. The van der Waals surface area contributed by atoms with Crippen LogP contribution in [0.5, 0.6) is 0 Å². The van der Waals surface area contributed by atoms with Crippen molar-refractivity contribution in [2.45, 2.75) is 26.3 Å². The summed E-state index contributed by atoms with van der Waals surface area (Å²) >= 11 is 0. The Balaban J connectivity index is 1.56. The van der Waals surface area contributed by atoms with Gasteiger partial charge in [0.1, 0.15) is 0 Å². The molecule has 4 rings (SSSR count). The molecule has 4 heteroatoms. The molecule has 0 N–H and O–H groups in total. The van der Waals surface area contributed by atoms with Crippen LogP contribution in [0.15, 0.2) is 78.9 Å². The molecule has 0 aromatic heterocycles. The van der Waals surface area contributed by atoms with E-state index in [0.717, 1.165) is 17.8 Å². The summed E-state index contributed by atoms with van der Waals surface area (Å²) in [6.07, 6.45) is 0.862. The summed E-state index contributed by atoms with van der Waals surface area (Å²) in [6.45, 7) is 4.59. The summed E-state index contributed by atoms with van der Waals surface area (Å²) in [5.74, 6) is -0.102. The molecule has 0 saturated carbocycles. The summed E-state index contributed by atoms with van der Waals surface area (Å²) < 4.78 is 0. The second-order valence-electron chi connectivity index (χ2n) is 7.32. The van der Waals surface area contributed by atoms with Gasteiger partial charge in [-0.25, -0.2) is 0 Å². The highest BCUT2D eigenvalue weighted by Gasteiger charge is 2.31. The molecule has 2 amide bonds. The van der Waals surface area contributed by atoms with Gasteiger partial charge in [-0.05, 0) is 68.3 Å². The largest absolute Gasteiger partial charge is 0.309 e. The van der Waals surface area contributed by atoms with E-state index in [4.69, 9.17) is 0 Å². The zero-order valence-corrected chi connectivity index (χ0v) is 16.7. The van der Waals surface area contributed by atoms with Crippen LogP contribution in [0.2, 0.25) is 0 Å². The van der Waals surface area contributed by atoms with Crippen LogP contribution < -0.4 is 9.80 Å². The zero-order chi connectivity index (χ0) is 20.4. The average molecular weight is 384 g/mol. The molecule has 3 aromatic rings. The topological polar surface area (TPSA) is 40.6 Å². The van der Waals surface area contributed by atoms with Gasteiger partial charge in [-0.2, -0.15) is 0 Å². The maximum atomic E-state index is 13.1. The quantitative estimate of drug-likeness (QED) is 0.639. The van der Waals surface area contributed by atoms with Crippen LogP contribution in [-0.4, -0.2) is 24.4 Å². The van der Waals surface area contributed by atoms with Crippen molar-refractivity contribution in [2.24, 2.45) is 0 Å². The van der Waals surface area contributed by atoms with Crippen LogP contribution in [0, 0.1) is 0 Å². The molecule has 1 aliphatic rings. The smallest absolute Gasteiger partial charge is 0.258 e. The molecule has 1 unspecified atom stereocenters. The molecule has 0 fully saturated rings. The van der Waals surface area contributed by atoms with Crippen LogP contribution in [0.1, 0.15) is 40.1 Å². The molecule has 0 spiro atoms. The van der Waals surface area contributed by atoms with Crippen LogP contribution in [0.25, 0.3) is 0 Å². The van der Waals surface area contributed by atoms with Crippen molar-refractivity contribution in [1.29, 1.82) is 0 Å². The van der Waals surface area contributed by atoms with Gasteiger partial charge in [-0.15, -0.1) is 0 Å². The summed E-state index contributed by atoms with van der Waals surface area (Å²) in [7, 11) is 0. The first-order valence-corrected chi connectivity index (χ1v) is 9.98. The predicted octanol–water partition coefficient (Wildman–Crippen LogP) is 4.94. The number of hydrogen-bond donors (Lipinski definition) is 0. The van der Waals surface area contributed by atoms with Gasteiger partial charge in [0.05, 0.1) is 0 Å². The Morgan fingerprint density at radius 2 is 1.52 bits per heavy atom. The monoisotopic (exact) mass is 384 g/mol. The molecule has 3 aromatic carbocycles. The Hall–Kier alpha value is -3.40. The molecule has 1 heterocycles. The predicted molar refractivity (Wildman–Crippen MR) is 117 cm³/mol. The SMILES string of the molecule is CCN(C(=O)c1ccc(C(=O)N2c3ccccc3CC2C)cc1)c1ccccc1. The number of anilines is 2. The van der Waals surface area contributed by atoms with E-state index in [1.807, 2.05) is 60.4 Å². The minimum atomic E-state index is -0.0717. The lowest BCUT2D eigenvalue weighted by molar-refractivity contribution is 0.0973. The van der Waals surface area contributed by atoms with E-state index >= 15 is 0 Å². The fourth-order valence-corrected chi connectivity index (χ4v) is 3.98. The van der Waals surface area contributed by atoms with E-state index in [0.29, 0.717) is 17.7 Å². The molecule has 1 aliphatic heterocycles. The number of para-hydroxylation sites is 2. The number of nitrogens with zero attached hydrogens (tertiary/aromatic N) is 2. The third-order valence-corrected chi connectivity index (χ3v) is 5.43. The number of benzene rings is 3. The Morgan fingerprint density at radius 1 is 0.897 bits per heavy atom. The van der Waals surface area contributed by atoms with Crippen molar-refractivity contribution in [3.05, 3.63) is 95.6 Å². The van der Waals surface area contributed by atoms with Gasteiger partial charge in [0.25, 0.3) is 11.8 Å². The molecular weight excluding hydrogens is 360 g/mol. The summed E-state index contributed by atoms with van der Waals surface area (Å²) in [5.41, 5.74) is 4.20. The normalized spacial score (nSPS) is 15.1. The molecule has 1 atom stereocenters. The van der Waals surface area contributed by atoms with Gasteiger partial charge >= 0.3 is 0 Å². The van der Waals surface area contributed by atoms with Gasteiger partial charge in [0, 0.05) is 35.1 Å². The van der Waals surface area contributed by atoms with Crippen molar-refractivity contribution in [2.75, 3.05) is 16.3 Å².